The molecule has 2 aliphatic heterocycles. The van der Waals surface area contributed by atoms with Crippen molar-refractivity contribution in [1.29, 1.82) is 0 Å². The number of rotatable bonds is 5. The molecule has 0 N–H and O–H groups in total. The molecule has 4 nitrogen and oxygen atoms in total. The lowest BCUT2D eigenvalue weighted by Crippen LogP contribution is -2.54. The van der Waals surface area contributed by atoms with E-state index in [-0.39, 0.29) is 5.75 Å². The smallest absolute Gasteiger partial charge is 0.218 e. The van der Waals surface area contributed by atoms with Gasteiger partial charge in [-0.1, -0.05) is 54.1 Å². The van der Waals surface area contributed by atoms with E-state index in [2.05, 4.69) is 11.0 Å². The Kier molecular flexibility index (Phi) is 4.58. The minimum atomic E-state index is -3.26. The van der Waals surface area contributed by atoms with E-state index in [1.807, 2.05) is 48.5 Å². The van der Waals surface area contributed by atoms with Crippen LogP contribution in [0.25, 0.3) is 0 Å². The van der Waals surface area contributed by atoms with Crippen molar-refractivity contribution in [3.8, 4) is 0 Å². The van der Waals surface area contributed by atoms with Gasteiger partial charge in [0.2, 0.25) is 10.0 Å². The summed E-state index contributed by atoms with van der Waals surface area (Å²) in [5, 5.41) is 0.744. The van der Waals surface area contributed by atoms with Crippen molar-refractivity contribution in [2.45, 2.75) is 18.3 Å². The molecule has 2 aliphatic rings. The highest BCUT2D eigenvalue weighted by atomic mass is 35.5. The normalized spacial score (nSPS) is 24.0. The van der Waals surface area contributed by atoms with Crippen molar-refractivity contribution >= 4 is 21.6 Å². The molecule has 25 heavy (non-hydrogen) atoms. The molecule has 0 saturated carbocycles. The quantitative estimate of drug-likeness (QED) is 0.805. The highest BCUT2D eigenvalue weighted by Gasteiger charge is 2.48. The predicted octanol–water partition coefficient (Wildman–Crippen LogP) is 2.99. The molecule has 2 aromatic carbocycles. The first-order chi connectivity index (χ1) is 12.0. The average molecular weight is 377 g/mol. The molecule has 2 saturated heterocycles. The third kappa shape index (κ3) is 3.60. The Labute approximate surface area is 154 Å². The van der Waals surface area contributed by atoms with Crippen LogP contribution >= 0.6 is 11.6 Å². The number of benzene rings is 2. The lowest BCUT2D eigenvalue weighted by atomic mass is 9.91. The topological polar surface area (TPSA) is 40.6 Å². The van der Waals surface area contributed by atoms with Gasteiger partial charge in [0.25, 0.3) is 0 Å². The average Bonchev–Trinajstić information content (AvgIpc) is 2.91. The lowest BCUT2D eigenvalue weighted by Gasteiger charge is -2.43. The summed E-state index contributed by atoms with van der Waals surface area (Å²) in [5.41, 5.74) is 2.02. The zero-order valence-electron chi connectivity index (χ0n) is 13.9. The van der Waals surface area contributed by atoms with Crippen LogP contribution < -0.4 is 0 Å². The van der Waals surface area contributed by atoms with E-state index in [1.54, 1.807) is 4.31 Å². The molecule has 2 aromatic rings. The van der Waals surface area contributed by atoms with E-state index in [0.29, 0.717) is 25.0 Å². The van der Waals surface area contributed by atoms with Crippen LogP contribution in [0.5, 0.6) is 0 Å². The van der Waals surface area contributed by atoms with E-state index in [9.17, 15) is 8.42 Å². The lowest BCUT2D eigenvalue weighted by molar-refractivity contribution is 0.0435. The Balaban J connectivity index is 1.40. The Morgan fingerprint density at radius 2 is 1.72 bits per heavy atom. The third-order valence-corrected chi connectivity index (χ3v) is 7.19. The highest BCUT2D eigenvalue weighted by Crippen LogP contribution is 2.35. The minimum absolute atomic E-state index is 0.0849. The Bertz CT molecular complexity index is 857. The van der Waals surface area contributed by atoms with Crippen molar-refractivity contribution in [3.63, 3.8) is 0 Å². The maximum absolute atomic E-state index is 12.7. The number of likely N-dealkylation sites (tertiary alicyclic amines) is 1. The van der Waals surface area contributed by atoms with Crippen molar-refractivity contribution in [3.05, 3.63) is 70.7 Å². The summed E-state index contributed by atoms with van der Waals surface area (Å²) in [6.45, 7) is 3.02. The number of hydrogen-bond acceptors (Lipinski definition) is 3. The van der Waals surface area contributed by atoms with Crippen LogP contribution in [0.15, 0.2) is 54.6 Å². The summed E-state index contributed by atoms with van der Waals surface area (Å²) in [6, 6.07) is 17.6. The van der Waals surface area contributed by atoms with Crippen LogP contribution in [0.2, 0.25) is 5.02 Å². The number of nitrogens with zero attached hydrogens (tertiary/aromatic N) is 2. The fourth-order valence-electron chi connectivity index (χ4n) is 3.86. The molecule has 0 bridgehead atoms. The van der Waals surface area contributed by atoms with Gasteiger partial charge < -0.3 is 0 Å². The van der Waals surface area contributed by atoms with Crippen molar-refractivity contribution < 1.29 is 8.42 Å². The van der Waals surface area contributed by atoms with E-state index in [1.165, 1.54) is 5.56 Å². The van der Waals surface area contributed by atoms with E-state index in [0.717, 1.165) is 23.7 Å². The van der Waals surface area contributed by atoms with Crippen LogP contribution in [0.3, 0.4) is 0 Å². The molecule has 2 fully saturated rings. The van der Waals surface area contributed by atoms with E-state index in [4.69, 9.17) is 11.6 Å². The van der Waals surface area contributed by atoms with Crippen LogP contribution in [0, 0.1) is 5.92 Å². The fourth-order valence-corrected chi connectivity index (χ4v) is 5.67. The van der Waals surface area contributed by atoms with Gasteiger partial charge in [-0.3, -0.25) is 4.90 Å². The second-order valence-electron chi connectivity index (χ2n) is 6.95. The van der Waals surface area contributed by atoms with Crippen molar-refractivity contribution in [2.24, 2.45) is 5.92 Å². The monoisotopic (exact) mass is 376 g/mol. The Morgan fingerprint density at radius 3 is 2.48 bits per heavy atom. The third-order valence-electron chi connectivity index (χ3n) is 5.17. The van der Waals surface area contributed by atoms with Crippen LogP contribution in [0.1, 0.15) is 11.1 Å². The fraction of sp³-hybridized carbons (Fsp3) is 0.368. The molecule has 0 radical (unpaired) electrons. The first kappa shape index (κ1) is 17.0. The number of halogens is 1. The zero-order valence-corrected chi connectivity index (χ0v) is 15.5. The largest absolute Gasteiger partial charge is 0.294 e. The van der Waals surface area contributed by atoms with Gasteiger partial charge in [-0.15, -0.1) is 0 Å². The summed E-state index contributed by atoms with van der Waals surface area (Å²) in [7, 11) is -3.26. The Morgan fingerprint density at radius 1 is 0.960 bits per heavy atom. The molecule has 6 heteroatoms. The standard InChI is InChI=1S/C19H21ClN2O2S/c20-18-8-4-7-16(9-18)10-21-11-17-12-22(13-19(17)21)25(23,24)14-15-5-2-1-3-6-15/h1-9,17,19H,10-14H2. The Hall–Kier alpha value is -1.40. The predicted molar refractivity (Wildman–Crippen MR) is 99.8 cm³/mol. The van der Waals surface area contributed by atoms with Gasteiger partial charge in [0, 0.05) is 43.2 Å². The van der Waals surface area contributed by atoms with Gasteiger partial charge in [-0.05, 0) is 23.3 Å². The summed E-state index contributed by atoms with van der Waals surface area (Å²) in [5.74, 6) is 0.534. The summed E-state index contributed by atoms with van der Waals surface area (Å²) < 4.78 is 27.1. The van der Waals surface area contributed by atoms with Crippen LogP contribution in [-0.2, 0) is 22.3 Å². The second kappa shape index (κ2) is 6.72. The van der Waals surface area contributed by atoms with Crippen LogP contribution in [0.4, 0.5) is 0 Å². The molecule has 0 amide bonds. The molecule has 132 valence electrons. The van der Waals surface area contributed by atoms with Gasteiger partial charge in [-0.25, -0.2) is 8.42 Å². The molecule has 2 heterocycles. The molecule has 0 spiro atoms. The van der Waals surface area contributed by atoms with Gasteiger partial charge >= 0.3 is 0 Å². The maximum atomic E-state index is 12.7. The van der Waals surface area contributed by atoms with Crippen molar-refractivity contribution in [1.82, 2.24) is 9.21 Å². The maximum Gasteiger partial charge on any atom is 0.218 e. The molecular formula is C19H21ClN2O2S. The summed E-state index contributed by atoms with van der Waals surface area (Å²) >= 11 is 6.05. The van der Waals surface area contributed by atoms with Crippen LogP contribution in [-0.4, -0.2) is 43.3 Å². The molecule has 2 unspecified atom stereocenters. The SMILES string of the molecule is O=S(=O)(Cc1ccccc1)N1CC2CN(Cc3cccc(Cl)c3)C2C1. The van der Waals surface area contributed by atoms with E-state index < -0.39 is 10.0 Å². The first-order valence-corrected chi connectivity index (χ1v) is 10.5. The second-order valence-corrected chi connectivity index (χ2v) is 9.35. The summed E-state index contributed by atoms with van der Waals surface area (Å²) in [4.78, 5) is 2.36. The van der Waals surface area contributed by atoms with E-state index >= 15 is 0 Å². The zero-order chi connectivity index (χ0) is 17.4. The molecule has 4 rings (SSSR count). The number of sulfonamides is 1. The number of hydrogen-bond donors (Lipinski definition) is 0. The minimum Gasteiger partial charge on any atom is -0.294 e. The highest BCUT2D eigenvalue weighted by molar-refractivity contribution is 7.88. The molecule has 0 aliphatic carbocycles. The summed E-state index contributed by atoms with van der Waals surface area (Å²) in [6.07, 6.45) is 0. The van der Waals surface area contributed by atoms with Gasteiger partial charge in [0.1, 0.15) is 0 Å². The van der Waals surface area contributed by atoms with Gasteiger partial charge in [0.15, 0.2) is 0 Å². The molecule has 2 atom stereocenters. The molecule has 0 aromatic heterocycles. The van der Waals surface area contributed by atoms with Crippen molar-refractivity contribution in [2.75, 3.05) is 19.6 Å². The van der Waals surface area contributed by atoms with Gasteiger partial charge in [0.05, 0.1) is 5.75 Å². The number of fused-ring (bicyclic) bond motifs is 1. The molecular weight excluding hydrogens is 356 g/mol. The van der Waals surface area contributed by atoms with Gasteiger partial charge in [-0.2, -0.15) is 4.31 Å². The first-order valence-electron chi connectivity index (χ1n) is 8.51.